The Balaban J connectivity index is 1.88. The molecule has 0 aliphatic carbocycles. The van der Waals surface area contributed by atoms with Crippen molar-refractivity contribution in [2.45, 2.75) is 18.4 Å². The monoisotopic (exact) mass is 373 g/mol. The van der Waals surface area contributed by atoms with Gasteiger partial charge in [0, 0.05) is 29.9 Å². The Kier molecular flexibility index (Phi) is 4.67. The summed E-state index contributed by atoms with van der Waals surface area (Å²) in [5, 5.41) is 18.6. The SMILES string of the molecule is CCn1cnnc1-c1cccc(NS(=O)(=O)c2ccc([N+](=O)[O-])cc2)c1. The van der Waals surface area contributed by atoms with E-state index in [0.717, 1.165) is 12.1 Å². The summed E-state index contributed by atoms with van der Waals surface area (Å²) < 4.78 is 29.3. The Labute approximate surface area is 149 Å². The number of nitrogens with zero attached hydrogens (tertiary/aromatic N) is 4. The molecular weight excluding hydrogens is 358 g/mol. The van der Waals surface area contributed by atoms with Crippen LogP contribution in [0.25, 0.3) is 11.4 Å². The fraction of sp³-hybridized carbons (Fsp3) is 0.125. The minimum absolute atomic E-state index is 0.0646. The zero-order valence-corrected chi connectivity index (χ0v) is 14.5. The summed E-state index contributed by atoms with van der Waals surface area (Å²) in [6.45, 7) is 2.63. The van der Waals surface area contributed by atoms with Crippen LogP contribution in [0.5, 0.6) is 0 Å². The lowest BCUT2D eigenvalue weighted by Crippen LogP contribution is -2.13. The average molecular weight is 373 g/mol. The van der Waals surface area contributed by atoms with Crippen molar-refractivity contribution in [2.75, 3.05) is 4.72 Å². The highest BCUT2D eigenvalue weighted by molar-refractivity contribution is 7.92. The van der Waals surface area contributed by atoms with Crippen molar-refractivity contribution in [3.05, 3.63) is 65.0 Å². The molecule has 2 aromatic carbocycles. The third-order valence-corrected chi connectivity index (χ3v) is 5.08. The molecule has 0 amide bonds. The second kappa shape index (κ2) is 6.92. The molecule has 9 nitrogen and oxygen atoms in total. The van der Waals surface area contributed by atoms with Gasteiger partial charge in [-0.1, -0.05) is 12.1 Å². The first-order valence-corrected chi connectivity index (χ1v) is 9.14. The lowest BCUT2D eigenvalue weighted by molar-refractivity contribution is -0.384. The van der Waals surface area contributed by atoms with Crippen molar-refractivity contribution in [1.82, 2.24) is 14.8 Å². The van der Waals surface area contributed by atoms with Gasteiger partial charge in [-0.2, -0.15) is 0 Å². The van der Waals surface area contributed by atoms with Crippen LogP contribution in [0, 0.1) is 10.1 Å². The molecule has 0 saturated heterocycles. The number of aryl methyl sites for hydroxylation is 1. The second-order valence-corrected chi connectivity index (χ2v) is 7.06. The Morgan fingerprint density at radius 1 is 1.19 bits per heavy atom. The van der Waals surface area contributed by atoms with Gasteiger partial charge in [0.05, 0.1) is 9.82 Å². The molecule has 0 aliphatic rings. The number of hydrogen-bond acceptors (Lipinski definition) is 6. The van der Waals surface area contributed by atoms with Gasteiger partial charge in [0.15, 0.2) is 5.82 Å². The number of nitro groups is 1. The van der Waals surface area contributed by atoms with Crippen LogP contribution in [-0.4, -0.2) is 28.1 Å². The van der Waals surface area contributed by atoms with Crippen LogP contribution in [0.2, 0.25) is 0 Å². The summed E-state index contributed by atoms with van der Waals surface area (Å²) >= 11 is 0. The van der Waals surface area contributed by atoms with Crippen LogP contribution in [0.4, 0.5) is 11.4 Å². The van der Waals surface area contributed by atoms with E-state index in [1.807, 2.05) is 11.5 Å². The molecule has 0 atom stereocenters. The minimum atomic E-state index is -3.87. The van der Waals surface area contributed by atoms with Gasteiger partial charge in [-0.05, 0) is 31.2 Å². The van der Waals surface area contributed by atoms with Crippen LogP contribution < -0.4 is 4.72 Å². The molecule has 10 heteroatoms. The van der Waals surface area contributed by atoms with Gasteiger partial charge < -0.3 is 4.57 Å². The molecule has 3 rings (SSSR count). The van der Waals surface area contributed by atoms with E-state index in [9.17, 15) is 18.5 Å². The molecule has 1 N–H and O–H groups in total. The lowest BCUT2D eigenvalue weighted by Gasteiger charge is -2.10. The standard InChI is InChI=1S/C16H15N5O4S/c1-2-20-11-17-18-16(20)12-4-3-5-13(10-12)19-26(24,25)15-8-6-14(7-9-15)21(22)23/h3-11,19H,2H2,1H3. The van der Waals surface area contributed by atoms with Crippen molar-refractivity contribution in [1.29, 1.82) is 0 Å². The van der Waals surface area contributed by atoms with Crippen LogP contribution >= 0.6 is 0 Å². The quantitative estimate of drug-likeness (QED) is 0.524. The third kappa shape index (κ3) is 3.54. The number of benzene rings is 2. The highest BCUT2D eigenvalue weighted by atomic mass is 32.2. The molecule has 1 heterocycles. The van der Waals surface area contributed by atoms with Gasteiger partial charge in [0.25, 0.3) is 15.7 Å². The van der Waals surface area contributed by atoms with Gasteiger partial charge in [-0.25, -0.2) is 8.42 Å². The molecule has 3 aromatic rings. The first-order chi connectivity index (χ1) is 12.4. The van der Waals surface area contributed by atoms with E-state index >= 15 is 0 Å². The van der Waals surface area contributed by atoms with Crippen LogP contribution in [0.3, 0.4) is 0 Å². The Bertz CT molecular complexity index is 1040. The number of non-ortho nitro benzene ring substituents is 1. The molecule has 0 aliphatic heterocycles. The largest absolute Gasteiger partial charge is 0.314 e. The molecule has 26 heavy (non-hydrogen) atoms. The minimum Gasteiger partial charge on any atom is -0.314 e. The van der Waals surface area contributed by atoms with E-state index < -0.39 is 14.9 Å². The van der Waals surface area contributed by atoms with Crippen molar-refractivity contribution < 1.29 is 13.3 Å². The molecule has 1 aromatic heterocycles. The number of nitro benzene ring substituents is 1. The summed E-state index contributed by atoms with van der Waals surface area (Å²) in [6, 6.07) is 11.5. The van der Waals surface area contributed by atoms with Crippen molar-refractivity contribution >= 4 is 21.4 Å². The maximum Gasteiger partial charge on any atom is 0.269 e. The maximum absolute atomic E-state index is 12.5. The number of sulfonamides is 1. The van der Waals surface area contributed by atoms with Gasteiger partial charge in [-0.15, -0.1) is 10.2 Å². The molecule has 0 radical (unpaired) electrons. The number of nitrogens with one attached hydrogen (secondary N) is 1. The van der Waals surface area contributed by atoms with Gasteiger partial charge in [0.1, 0.15) is 6.33 Å². The highest BCUT2D eigenvalue weighted by Crippen LogP contribution is 2.23. The van der Waals surface area contributed by atoms with Crippen LogP contribution in [0.15, 0.2) is 59.8 Å². The highest BCUT2D eigenvalue weighted by Gasteiger charge is 2.17. The first-order valence-electron chi connectivity index (χ1n) is 7.66. The Morgan fingerprint density at radius 2 is 1.92 bits per heavy atom. The fourth-order valence-corrected chi connectivity index (χ4v) is 3.44. The van der Waals surface area contributed by atoms with Gasteiger partial charge >= 0.3 is 0 Å². The number of rotatable bonds is 6. The van der Waals surface area contributed by atoms with E-state index in [4.69, 9.17) is 0 Å². The summed E-state index contributed by atoms with van der Waals surface area (Å²) in [5.41, 5.74) is 0.893. The zero-order valence-electron chi connectivity index (χ0n) is 13.7. The van der Waals surface area contributed by atoms with Crippen molar-refractivity contribution in [3.8, 4) is 11.4 Å². The molecule has 0 saturated carbocycles. The van der Waals surface area contributed by atoms with Crippen LogP contribution in [0.1, 0.15) is 6.92 Å². The number of hydrogen-bond donors (Lipinski definition) is 1. The van der Waals surface area contributed by atoms with Gasteiger partial charge in [0.2, 0.25) is 0 Å². The maximum atomic E-state index is 12.5. The molecule has 0 fully saturated rings. The van der Waals surface area contributed by atoms with E-state index in [1.165, 1.54) is 12.1 Å². The molecule has 0 bridgehead atoms. The molecule has 0 spiro atoms. The van der Waals surface area contributed by atoms with Crippen molar-refractivity contribution in [3.63, 3.8) is 0 Å². The number of anilines is 1. The predicted molar refractivity (Wildman–Crippen MR) is 95.0 cm³/mol. The summed E-state index contributed by atoms with van der Waals surface area (Å²) in [5.74, 6) is 0.629. The third-order valence-electron chi connectivity index (χ3n) is 3.69. The molecule has 0 unspecified atom stereocenters. The van der Waals surface area contributed by atoms with Crippen molar-refractivity contribution in [2.24, 2.45) is 0 Å². The van der Waals surface area contributed by atoms with E-state index in [-0.39, 0.29) is 10.6 Å². The van der Waals surface area contributed by atoms with E-state index in [1.54, 1.807) is 30.6 Å². The lowest BCUT2D eigenvalue weighted by atomic mass is 10.2. The zero-order chi connectivity index (χ0) is 18.7. The van der Waals surface area contributed by atoms with Crippen LogP contribution in [-0.2, 0) is 16.6 Å². The average Bonchev–Trinajstić information content (AvgIpc) is 3.10. The predicted octanol–water partition coefficient (Wildman–Crippen LogP) is 2.67. The summed E-state index contributed by atoms with van der Waals surface area (Å²) in [4.78, 5) is 10.0. The van der Waals surface area contributed by atoms with E-state index in [2.05, 4.69) is 14.9 Å². The smallest absolute Gasteiger partial charge is 0.269 e. The first kappa shape index (κ1) is 17.5. The number of aromatic nitrogens is 3. The molecule has 134 valence electrons. The Hall–Kier alpha value is -3.27. The van der Waals surface area contributed by atoms with E-state index in [0.29, 0.717) is 23.6 Å². The topological polar surface area (TPSA) is 120 Å². The second-order valence-electron chi connectivity index (χ2n) is 5.38. The Morgan fingerprint density at radius 3 is 2.58 bits per heavy atom. The molecular formula is C16H15N5O4S. The summed E-state index contributed by atoms with van der Waals surface area (Å²) in [6.07, 6.45) is 1.60. The van der Waals surface area contributed by atoms with Gasteiger partial charge in [-0.3, -0.25) is 14.8 Å². The summed E-state index contributed by atoms with van der Waals surface area (Å²) in [7, 11) is -3.87. The fourth-order valence-electron chi connectivity index (χ4n) is 2.39. The normalized spacial score (nSPS) is 11.3.